The van der Waals surface area contributed by atoms with E-state index in [1.165, 1.54) is 4.88 Å². The van der Waals surface area contributed by atoms with Crippen LogP contribution >= 0.6 is 11.3 Å². The lowest BCUT2D eigenvalue weighted by molar-refractivity contribution is -0.139. The Morgan fingerprint density at radius 1 is 1.38 bits per heavy atom. The number of aromatic nitrogens is 1. The standard InChI is InChI=1S/C16H18N2O2S/c19-16(4-3-14-2-1-11-21-14)18-9-10-20-15(12-18)13-5-7-17-8-6-13/h1-2,5-8,11,15H,3-4,9-10,12H2. The van der Waals surface area contributed by atoms with Crippen molar-refractivity contribution in [2.75, 3.05) is 19.7 Å². The van der Waals surface area contributed by atoms with Gasteiger partial charge in [0, 0.05) is 30.2 Å². The second kappa shape index (κ2) is 6.83. The summed E-state index contributed by atoms with van der Waals surface area (Å²) in [6.45, 7) is 1.91. The molecule has 3 heterocycles. The molecule has 0 spiro atoms. The van der Waals surface area contributed by atoms with E-state index in [4.69, 9.17) is 4.74 Å². The Labute approximate surface area is 128 Å². The summed E-state index contributed by atoms with van der Waals surface area (Å²) in [5.41, 5.74) is 1.08. The first-order valence-corrected chi connectivity index (χ1v) is 8.02. The summed E-state index contributed by atoms with van der Waals surface area (Å²) in [6, 6.07) is 8.00. The average molecular weight is 302 g/mol. The van der Waals surface area contributed by atoms with Gasteiger partial charge in [0.25, 0.3) is 0 Å². The predicted molar refractivity (Wildman–Crippen MR) is 82.2 cm³/mol. The van der Waals surface area contributed by atoms with Crippen LogP contribution < -0.4 is 0 Å². The van der Waals surface area contributed by atoms with Crippen LogP contribution in [0.5, 0.6) is 0 Å². The second-order valence-corrected chi connectivity index (χ2v) is 6.09. The first-order valence-electron chi connectivity index (χ1n) is 7.14. The van der Waals surface area contributed by atoms with Crippen LogP contribution in [0.4, 0.5) is 0 Å². The molecule has 0 bridgehead atoms. The van der Waals surface area contributed by atoms with Gasteiger partial charge in [-0.25, -0.2) is 0 Å². The molecule has 0 saturated carbocycles. The molecule has 0 aliphatic carbocycles. The van der Waals surface area contributed by atoms with Gasteiger partial charge in [0.15, 0.2) is 0 Å². The van der Waals surface area contributed by atoms with Gasteiger partial charge in [0.1, 0.15) is 6.10 Å². The van der Waals surface area contributed by atoms with E-state index in [-0.39, 0.29) is 12.0 Å². The molecule has 1 unspecified atom stereocenters. The Morgan fingerprint density at radius 2 is 2.24 bits per heavy atom. The summed E-state index contributed by atoms with van der Waals surface area (Å²) in [4.78, 5) is 19.5. The summed E-state index contributed by atoms with van der Waals surface area (Å²) >= 11 is 1.71. The summed E-state index contributed by atoms with van der Waals surface area (Å²) in [5, 5.41) is 2.05. The van der Waals surface area contributed by atoms with Crippen LogP contribution in [0.3, 0.4) is 0 Å². The smallest absolute Gasteiger partial charge is 0.223 e. The van der Waals surface area contributed by atoms with Crippen LogP contribution in [0.1, 0.15) is 23.0 Å². The molecule has 1 atom stereocenters. The van der Waals surface area contributed by atoms with Crippen molar-refractivity contribution in [1.29, 1.82) is 0 Å². The van der Waals surface area contributed by atoms with Crippen LogP contribution in [0, 0.1) is 0 Å². The molecular formula is C16H18N2O2S. The number of pyridine rings is 1. The van der Waals surface area contributed by atoms with Gasteiger partial charge >= 0.3 is 0 Å². The molecule has 1 aliphatic heterocycles. The zero-order valence-electron chi connectivity index (χ0n) is 11.8. The minimum absolute atomic E-state index is 0.0348. The normalized spacial score (nSPS) is 18.7. The number of hydrogen-bond donors (Lipinski definition) is 0. The van der Waals surface area contributed by atoms with Crippen molar-refractivity contribution in [3.63, 3.8) is 0 Å². The number of nitrogens with zero attached hydrogens (tertiary/aromatic N) is 2. The quantitative estimate of drug-likeness (QED) is 0.872. The molecule has 0 N–H and O–H groups in total. The molecule has 1 aliphatic rings. The van der Waals surface area contributed by atoms with Gasteiger partial charge in [-0.15, -0.1) is 11.3 Å². The van der Waals surface area contributed by atoms with E-state index in [0.29, 0.717) is 26.1 Å². The van der Waals surface area contributed by atoms with Gasteiger partial charge in [-0.1, -0.05) is 6.07 Å². The molecule has 4 nitrogen and oxygen atoms in total. The predicted octanol–water partition coefficient (Wildman–Crippen LogP) is 2.68. The molecule has 3 rings (SSSR count). The molecule has 21 heavy (non-hydrogen) atoms. The van der Waals surface area contributed by atoms with Crippen molar-refractivity contribution in [3.8, 4) is 0 Å². The fraction of sp³-hybridized carbons (Fsp3) is 0.375. The molecule has 1 amide bonds. The number of rotatable bonds is 4. The Hall–Kier alpha value is -1.72. The Bertz CT molecular complexity index is 571. The van der Waals surface area contributed by atoms with Crippen molar-refractivity contribution in [3.05, 3.63) is 52.5 Å². The number of carbonyl (C=O) groups excluding carboxylic acids is 1. The van der Waals surface area contributed by atoms with Gasteiger partial charge in [-0.05, 0) is 35.6 Å². The third-order valence-electron chi connectivity index (χ3n) is 3.66. The molecule has 5 heteroatoms. The van der Waals surface area contributed by atoms with Gasteiger partial charge in [-0.3, -0.25) is 9.78 Å². The minimum Gasteiger partial charge on any atom is -0.370 e. The Morgan fingerprint density at radius 3 is 3.00 bits per heavy atom. The molecule has 110 valence electrons. The maximum Gasteiger partial charge on any atom is 0.223 e. The van der Waals surface area contributed by atoms with E-state index < -0.39 is 0 Å². The molecule has 1 fully saturated rings. The third-order valence-corrected chi connectivity index (χ3v) is 4.60. The number of aryl methyl sites for hydroxylation is 1. The lowest BCUT2D eigenvalue weighted by atomic mass is 10.1. The SMILES string of the molecule is O=C(CCc1cccs1)N1CCOC(c2ccncc2)C1. The zero-order chi connectivity index (χ0) is 14.5. The van der Waals surface area contributed by atoms with E-state index >= 15 is 0 Å². The van der Waals surface area contributed by atoms with Gasteiger partial charge in [0.2, 0.25) is 5.91 Å². The number of hydrogen-bond acceptors (Lipinski definition) is 4. The van der Waals surface area contributed by atoms with Crippen molar-refractivity contribution in [2.24, 2.45) is 0 Å². The second-order valence-electron chi connectivity index (χ2n) is 5.06. The summed E-state index contributed by atoms with van der Waals surface area (Å²) in [5.74, 6) is 0.214. The highest BCUT2D eigenvalue weighted by Crippen LogP contribution is 2.22. The van der Waals surface area contributed by atoms with Crippen molar-refractivity contribution in [1.82, 2.24) is 9.88 Å². The Balaban J connectivity index is 1.56. The molecular weight excluding hydrogens is 284 g/mol. The number of thiophene rings is 1. The van der Waals surface area contributed by atoms with Gasteiger partial charge in [0.05, 0.1) is 13.2 Å². The van der Waals surface area contributed by atoms with Crippen LogP contribution in [-0.2, 0) is 16.0 Å². The van der Waals surface area contributed by atoms with Gasteiger partial charge in [-0.2, -0.15) is 0 Å². The highest BCUT2D eigenvalue weighted by atomic mass is 32.1. The molecule has 2 aromatic heterocycles. The fourth-order valence-corrected chi connectivity index (χ4v) is 3.21. The topological polar surface area (TPSA) is 42.4 Å². The molecule has 2 aromatic rings. The number of ether oxygens (including phenoxy) is 1. The highest BCUT2D eigenvalue weighted by molar-refractivity contribution is 7.09. The summed E-state index contributed by atoms with van der Waals surface area (Å²) < 4.78 is 5.78. The Kier molecular flexibility index (Phi) is 4.62. The van der Waals surface area contributed by atoms with Crippen LogP contribution in [-0.4, -0.2) is 35.5 Å². The van der Waals surface area contributed by atoms with Gasteiger partial charge < -0.3 is 9.64 Å². The summed E-state index contributed by atoms with van der Waals surface area (Å²) in [7, 11) is 0. The van der Waals surface area contributed by atoms with Crippen LogP contribution in [0.25, 0.3) is 0 Å². The number of amides is 1. The first kappa shape index (κ1) is 14.2. The number of carbonyl (C=O) groups is 1. The largest absolute Gasteiger partial charge is 0.370 e. The van der Waals surface area contributed by atoms with E-state index in [1.54, 1.807) is 23.7 Å². The molecule has 0 aromatic carbocycles. The van der Waals surface area contributed by atoms with Crippen molar-refractivity contribution in [2.45, 2.75) is 18.9 Å². The molecule has 0 radical (unpaired) electrons. The maximum atomic E-state index is 12.3. The molecule has 1 saturated heterocycles. The fourth-order valence-electron chi connectivity index (χ4n) is 2.50. The van der Waals surface area contributed by atoms with E-state index in [2.05, 4.69) is 11.1 Å². The lowest BCUT2D eigenvalue weighted by Gasteiger charge is -2.33. The van der Waals surface area contributed by atoms with Crippen LogP contribution in [0.15, 0.2) is 42.0 Å². The first-order chi connectivity index (χ1) is 10.3. The average Bonchev–Trinajstić information content (AvgIpc) is 3.07. The monoisotopic (exact) mass is 302 g/mol. The van der Waals surface area contributed by atoms with E-state index in [9.17, 15) is 4.79 Å². The lowest BCUT2D eigenvalue weighted by Crippen LogP contribution is -2.42. The van der Waals surface area contributed by atoms with Crippen molar-refractivity contribution >= 4 is 17.2 Å². The highest BCUT2D eigenvalue weighted by Gasteiger charge is 2.25. The van der Waals surface area contributed by atoms with Crippen LogP contribution in [0.2, 0.25) is 0 Å². The zero-order valence-corrected chi connectivity index (χ0v) is 12.6. The third kappa shape index (κ3) is 3.68. The van der Waals surface area contributed by atoms with Crippen molar-refractivity contribution < 1.29 is 9.53 Å². The summed E-state index contributed by atoms with van der Waals surface area (Å²) in [6.07, 6.45) is 4.89. The van der Waals surface area contributed by atoms with E-state index in [1.807, 2.05) is 28.5 Å². The number of morpholine rings is 1. The minimum atomic E-state index is -0.0348. The maximum absolute atomic E-state index is 12.3. The van der Waals surface area contributed by atoms with E-state index in [0.717, 1.165) is 12.0 Å².